The summed E-state index contributed by atoms with van der Waals surface area (Å²) < 4.78 is 5.36. The van der Waals surface area contributed by atoms with Gasteiger partial charge in [0.25, 0.3) is 0 Å². The number of hydrogen-bond donors (Lipinski definition) is 0. The van der Waals surface area contributed by atoms with Crippen molar-refractivity contribution in [1.82, 2.24) is 0 Å². The Bertz CT molecular complexity index is 838. The van der Waals surface area contributed by atoms with E-state index in [1.54, 1.807) is 7.11 Å². The number of rotatable bonds is 1. The fourth-order valence-corrected chi connectivity index (χ4v) is 3.31. The fourth-order valence-electron chi connectivity index (χ4n) is 3.31. The van der Waals surface area contributed by atoms with Crippen molar-refractivity contribution in [3.05, 3.63) is 60.2 Å². The third-order valence-corrected chi connectivity index (χ3v) is 4.29. The number of methoxy groups -OCH3 is 1. The molecule has 0 aliphatic carbocycles. The van der Waals surface area contributed by atoms with E-state index in [-0.39, 0.29) is 0 Å². The number of ether oxygens (including phenoxy) is 1. The molecule has 104 valence electrons. The maximum absolute atomic E-state index is 5.36. The average Bonchev–Trinajstić information content (AvgIpc) is 2.53. The molecule has 0 radical (unpaired) electrons. The van der Waals surface area contributed by atoms with Crippen molar-refractivity contribution in [2.24, 2.45) is 0 Å². The molecule has 2 nitrogen and oxygen atoms in total. The van der Waals surface area contributed by atoms with Crippen molar-refractivity contribution in [2.75, 3.05) is 19.1 Å². The Balaban J connectivity index is 2.03. The molecule has 0 amide bonds. The first-order valence-electron chi connectivity index (χ1n) is 7.18. The molecule has 0 aromatic heterocycles. The molecule has 0 unspecified atom stereocenters. The van der Waals surface area contributed by atoms with E-state index in [2.05, 4.69) is 60.5 Å². The molecule has 21 heavy (non-hydrogen) atoms. The van der Waals surface area contributed by atoms with Gasteiger partial charge in [-0.1, -0.05) is 42.5 Å². The van der Waals surface area contributed by atoms with Gasteiger partial charge in [0, 0.05) is 24.5 Å². The molecule has 0 atom stereocenters. The predicted molar refractivity (Wildman–Crippen MR) is 88.0 cm³/mol. The van der Waals surface area contributed by atoms with Crippen LogP contribution in [0.4, 0.5) is 5.69 Å². The lowest BCUT2D eigenvalue weighted by Crippen LogP contribution is -2.21. The fraction of sp³-hybridized carbons (Fsp3) is 0.158. The van der Waals surface area contributed by atoms with Crippen LogP contribution >= 0.6 is 0 Å². The largest absolute Gasteiger partial charge is 0.497 e. The maximum Gasteiger partial charge on any atom is 0.119 e. The van der Waals surface area contributed by atoms with Gasteiger partial charge < -0.3 is 9.64 Å². The van der Waals surface area contributed by atoms with Gasteiger partial charge >= 0.3 is 0 Å². The van der Waals surface area contributed by atoms with E-state index in [4.69, 9.17) is 4.74 Å². The van der Waals surface area contributed by atoms with Gasteiger partial charge in [0.2, 0.25) is 0 Å². The quantitative estimate of drug-likeness (QED) is 0.650. The second kappa shape index (κ2) is 4.52. The summed E-state index contributed by atoms with van der Waals surface area (Å²) in [4.78, 5) is 2.33. The predicted octanol–water partition coefficient (Wildman–Crippen LogP) is 4.47. The summed E-state index contributed by atoms with van der Waals surface area (Å²) in [7, 11) is 3.88. The molecule has 1 heterocycles. The van der Waals surface area contributed by atoms with Crippen LogP contribution in [0.15, 0.2) is 54.6 Å². The van der Waals surface area contributed by atoms with E-state index in [9.17, 15) is 0 Å². The van der Waals surface area contributed by atoms with E-state index < -0.39 is 0 Å². The Labute approximate surface area is 124 Å². The van der Waals surface area contributed by atoms with Gasteiger partial charge in [-0.25, -0.2) is 0 Å². The van der Waals surface area contributed by atoms with Gasteiger partial charge in [0.1, 0.15) is 5.75 Å². The van der Waals surface area contributed by atoms with Gasteiger partial charge in [-0.15, -0.1) is 0 Å². The summed E-state index contributed by atoms with van der Waals surface area (Å²) in [6.45, 7) is 0.910. The van der Waals surface area contributed by atoms with Crippen LogP contribution < -0.4 is 9.64 Å². The number of nitrogens with zero attached hydrogens (tertiary/aromatic N) is 1. The van der Waals surface area contributed by atoms with Crippen molar-refractivity contribution in [1.29, 1.82) is 0 Å². The SMILES string of the molecule is COc1ccc2c(c1)CN(C)c1c-2ccc2ccccc12. The minimum Gasteiger partial charge on any atom is -0.497 e. The van der Waals surface area contributed by atoms with Crippen LogP contribution in [0, 0.1) is 0 Å². The standard InChI is InChI=1S/C19H17NO/c1-20-12-14-11-15(21-2)8-10-16(14)18-9-7-13-5-3-4-6-17(13)19(18)20/h3-11H,12H2,1-2H3. The first kappa shape index (κ1) is 12.3. The van der Waals surface area contributed by atoms with Crippen LogP contribution in [-0.4, -0.2) is 14.2 Å². The molecule has 3 aromatic carbocycles. The molecule has 3 aromatic rings. The Morgan fingerprint density at radius 1 is 0.952 bits per heavy atom. The second-order valence-electron chi connectivity index (χ2n) is 5.56. The lowest BCUT2D eigenvalue weighted by atomic mass is 9.90. The third kappa shape index (κ3) is 1.79. The lowest BCUT2D eigenvalue weighted by Gasteiger charge is -2.31. The molecule has 0 spiro atoms. The average molecular weight is 275 g/mol. The van der Waals surface area contributed by atoms with Crippen LogP contribution in [0.1, 0.15) is 5.56 Å². The summed E-state index contributed by atoms with van der Waals surface area (Å²) in [5, 5.41) is 2.61. The molecule has 1 aliphatic heterocycles. The highest BCUT2D eigenvalue weighted by Gasteiger charge is 2.21. The smallest absolute Gasteiger partial charge is 0.119 e. The van der Waals surface area contributed by atoms with E-state index in [1.807, 2.05) is 6.07 Å². The molecule has 0 N–H and O–H groups in total. The van der Waals surface area contributed by atoms with Gasteiger partial charge in [0.15, 0.2) is 0 Å². The van der Waals surface area contributed by atoms with E-state index in [1.165, 1.54) is 33.2 Å². The highest BCUT2D eigenvalue weighted by atomic mass is 16.5. The zero-order valence-electron chi connectivity index (χ0n) is 12.3. The zero-order chi connectivity index (χ0) is 14.4. The van der Waals surface area contributed by atoms with Gasteiger partial charge in [-0.05, 0) is 28.6 Å². The summed E-state index contributed by atoms with van der Waals surface area (Å²) >= 11 is 0. The number of hydrogen-bond acceptors (Lipinski definition) is 2. The summed E-state index contributed by atoms with van der Waals surface area (Å²) in [6.07, 6.45) is 0. The second-order valence-corrected chi connectivity index (χ2v) is 5.56. The highest BCUT2D eigenvalue weighted by molar-refractivity contribution is 6.03. The van der Waals surface area contributed by atoms with Crippen LogP contribution in [0.2, 0.25) is 0 Å². The van der Waals surface area contributed by atoms with Crippen molar-refractivity contribution < 1.29 is 4.74 Å². The molecule has 0 saturated heterocycles. The van der Waals surface area contributed by atoms with Crippen LogP contribution in [0.5, 0.6) is 5.75 Å². The zero-order valence-corrected chi connectivity index (χ0v) is 12.3. The van der Waals surface area contributed by atoms with Gasteiger partial charge in [-0.3, -0.25) is 0 Å². The van der Waals surface area contributed by atoms with E-state index in [0.29, 0.717) is 0 Å². The van der Waals surface area contributed by atoms with Crippen LogP contribution in [0.25, 0.3) is 21.9 Å². The van der Waals surface area contributed by atoms with E-state index in [0.717, 1.165) is 12.3 Å². The first-order chi connectivity index (χ1) is 10.3. The molecule has 4 rings (SSSR count). The van der Waals surface area contributed by atoms with Crippen molar-refractivity contribution in [2.45, 2.75) is 6.54 Å². The molecular formula is C19H17NO. The van der Waals surface area contributed by atoms with Crippen LogP contribution in [-0.2, 0) is 6.54 Å². The van der Waals surface area contributed by atoms with Gasteiger partial charge in [-0.2, -0.15) is 0 Å². The van der Waals surface area contributed by atoms with Crippen molar-refractivity contribution in [3.63, 3.8) is 0 Å². The summed E-state index contributed by atoms with van der Waals surface area (Å²) in [5.74, 6) is 0.923. The van der Waals surface area contributed by atoms with Crippen molar-refractivity contribution >= 4 is 16.5 Å². The number of benzene rings is 3. The minimum absolute atomic E-state index is 0.910. The summed E-state index contributed by atoms with van der Waals surface area (Å²) in [6, 6.07) is 19.4. The Morgan fingerprint density at radius 3 is 2.62 bits per heavy atom. The van der Waals surface area contributed by atoms with E-state index >= 15 is 0 Å². The maximum atomic E-state index is 5.36. The first-order valence-corrected chi connectivity index (χ1v) is 7.18. The Morgan fingerprint density at radius 2 is 1.76 bits per heavy atom. The number of fused-ring (bicyclic) bond motifs is 5. The topological polar surface area (TPSA) is 12.5 Å². The lowest BCUT2D eigenvalue weighted by molar-refractivity contribution is 0.414. The molecular weight excluding hydrogens is 258 g/mol. The normalized spacial score (nSPS) is 13.0. The molecule has 0 fully saturated rings. The molecule has 0 saturated carbocycles. The van der Waals surface area contributed by atoms with Crippen LogP contribution in [0.3, 0.4) is 0 Å². The van der Waals surface area contributed by atoms with Gasteiger partial charge in [0.05, 0.1) is 12.8 Å². The minimum atomic E-state index is 0.910. The Kier molecular flexibility index (Phi) is 2.64. The Hall–Kier alpha value is -2.48. The third-order valence-electron chi connectivity index (χ3n) is 4.29. The summed E-state index contributed by atoms with van der Waals surface area (Å²) in [5.41, 5.74) is 5.26. The number of anilines is 1. The monoisotopic (exact) mass is 275 g/mol. The molecule has 0 bridgehead atoms. The molecule has 1 aliphatic rings. The highest BCUT2D eigenvalue weighted by Crippen LogP contribution is 2.43. The molecule has 2 heteroatoms. The van der Waals surface area contributed by atoms with Crippen molar-refractivity contribution in [3.8, 4) is 16.9 Å².